The van der Waals surface area contributed by atoms with Gasteiger partial charge in [-0.15, -0.1) is 0 Å². The smallest absolute Gasteiger partial charge is 0.262 e. The fourth-order valence-corrected chi connectivity index (χ4v) is 2.24. The first kappa shape index (κ1) is 16.5. The first-order valence-corrected chi connectivity index (χ1v) is 8.00. The first-order valence-electron chi connectivity index (χ1n) is 8.00. The van der Waals surface area contributed by atoms with Crippen molar-refractivity contribution in [3.63, 3.8) is 0 Å². The summed E-state index contributed by atoms with van der Waals surface area (Å²) in [6.45, 7) is 0.700. The largest absolute Gasteiger partial charge is 0.484 e. The Hall–Kier alpha value is -3.34. The maximum absolute atomic E-state index is 11.9. The molecule has 0 atom stereocenters. The lowest BCUT2D eigenvalue weighted by Crippen LogP contribution is -2.20. The number of benzene rings is 2. The minimum atomic E-state index is -0.193. The van der Waals surface area contributed by atoms with Crippen molar-refractivity contribution in [3.8, 4) is 5.75 Å². The number of para-hydroxylation sites is 1. The number of anilines is 2. The summed E-state index contributed by atoms with van der Waals surface area (Å²) < 4.78 is 5.42. The molecule has 0 aliphatic heterocycles. The fourth-order valence-electron chi connectivity index (χ4n) is 2.24. The van der Waals surface area contributed by atoms with E-state index in [4.69, 9.17) is 4.74 Å². The number of nitrogens with zero attached hydrogens (tertiary/aromatic N) is 1. The highest BCUT2D eigenvalue weighted by Crippen LogP contribution is 2.15. The molecule has 126 valence electrons. The van der Waals surface area contributed by atoms with Gasteiger partial charge in [0.1, 0.15) is 5.75 Å². The third-order valence-corrected chi connectivity index (χ3v) is 3.53. The molecular formula is C20H19N3O2. The standard InChI is InChI=1S/C20H19N3O2/c24-20(15-25-19-4-2-1-3-5-19)23-18-8-6-17(7-9-18)22-14-16-10-12-21-13-11-16/h1-13,22H,14-15H2,(H,23,24). The SMILES string of the molecule is O=C(COc1ccccc1)Nc1ccc(NCc2ccncc2)cc1. The van der Waals surface area contributed by atoms with Gasteiger partial charge in [-0.25, -0.2) is 0 Å². The Morgan fingerprint density at radius 1 is 0.880 bits per heavy atom. The lowest BCUT2D eigenvalue weighted by atomic mass is 10.2. The summed E-state index contributed by atoms with van der Waals surface area (Å²) in [6.07, 6.45) is 3.54. The van der Waals surface area contributed by atoms with Crippen molar-refractivity contribution < 1.29 is 9.53 Å². The van der Waals surface area contributed by atoms with Crippen LogP contribution in [0.5, 0.6) is 5.75 Å². The summed E-state index contributed by atoms with van der Waals surface area (Å²) in [5.41, 5.74) is 2.87. The quantitative estimate of drug-likeness (QED) is 0.692. The molecule has 5 heteroatoms. The molecule has 3 rings (SSSR count). The third kappa shape index (κ3) is 5.35. The average molecular weight is 333 g/mol. The number of carbonyl (C=O) groups is 1. The predicted molar refractivity (Wildman–Crippen MR) is 98.6 cm³/mol. The summed E-state index contributed by atoms with van der Waals surface area (Å²) in [7, 11) is 0. The summed E-state index contributed by atoms with van der Waals surface area (Å²) in [6, 6.07) is 20.8. The molecule has 1 aromatic heterocycles. The predicted octanol–water partition coefficient (Wildman–Crippen LogP) is 3.71. The Bertz CT molecular complexity index is 790. The topological polar surface area (TPSA) is 63.2 Å². The second-order valence-electron chi connectivity index (χ2n) is 5.44. The molecule has 0 unspecified atom stereocenters. The fraction of sp³-hybridized carbons (Fsp3) is 0.100. The van der Waals surface area contributed by atoms with Crippen LogP contribution in [-0.4, -0.2) is 17.5 Å². The Balaban J connectivity index is 1.46. The zero-order valence-corrected chi connectivity index (χ0v) is 13.7. The number of rotatable bonds is 7. The minimum Gasteiger partial charge on any atom is -0.484 e. The molecule has 1 heterocycles. The van der Waals surface area contributed by atoms with E-state index < -0.39 is 0 Å². The highest BCUT2D eigenvalue weighted by atomic mass is 16.5. The van der Waals surface area contributed by atoms with Gasteiger partial charge in [-0.2, -0.15) is 0 Å². The second kappa shape index (κ2) is 8.49. The summed E-state index contributed by atoms with van der Waals surface area (Å²) in [5.74, 6) is 0.481. The molecule has 3 aromatic rings. The van der Waals surface area contributed by atoms with E-state index >= 15 is 0 Å². The molecule has 0 spiro atoms. The monoisotopic (exact) mass is 333 g/mol. The van der Waals surface area contributed by atoms with Crippen molar-refractivity contribution in [2.24, 2.45) is 0 Å². The van der Waals surface area contributed by atoms with Crippen LogP contribution in [0.1, 0.15) is 5.56 Å². The number of carbonyl (C=O) groups excluding carboxylic acids is 1. The van der Waals surface area contributed by atoms with E-state index in [0.29, 0.717) is 5.75 Å². The van der Waals surface area contributed by atoms with Gasteiger partial charge in [-0.05, 0) is 54.1 Å². The highest BCUT2D eigenvalue weighted by molar-refractivity contribution is 5.92. The van der Waals surface area contributed by atoms with E-state index in [1.54, 1.807) is 12.4 Å². The molecular weight excluding hydrogens is 314 g/mol. The Morgan fingerprint density at radius 2 is 1.56 bits per heavy atom. The minimum absolute atomic E-state index is 0.0218. The number of hydrogen-bond acceptors (Lipinski definition) is 4. The van der Waals surface area contributed by atoms with Crippen molar-refractivity contribution in [1.29, 1.82) is 0 Å². The van der Waals surface area contributed by atoms with Crippen LogP contribution in [0.3, 0.4) is 0 Å². The zero-order chi connectivity index (χ0) is 17.3. The number of amides is 1. The first-order chi connectivity index (χ1) is 12.3. The lowest BCUT2D eigenvalue weighted by Gasteiger charge is -2.09. The van der Waals surface area contributed by atoms with E-state index in [0.717, 1.165) is 23.5 Å². The molecule has 25 heavy (non-hydrogen) atoms. The molecule has 5 nitrogen and oxygen atoms in total. The normalized spacial score (nSPS) is 10.1. The molecule has 0 bridgehead atoms. The molecule has 2 N–H and O–H groups in total. The number of hydrogen-bond donors (Lipinski definition) is 2. The van der Waals surface area contributed by atoms with Gasteiger partial charge in [0.05, 0.1) is 0 Å². The Labute approximate surface area is 146 Å². The van der Waals surface area contributed by atoms with Gasteiger partial charge in [0, 0.05) is 30.3 Å². The van der Waals surface area contributed by atoms with Gasteiger partial charge >= 0.3 is 0 Å². The summed E-state index contributed by atoms with van der Waals surface area (Å²) >= 11 is 0. The van der Waals surface area contributed by atoms with E-state index in [2.05, 4.69) is 15.6 Å². The van der Waals surface area contributed by atoms with Crippen molar-refractivity contribution in [3.05, 3.63) is 84.7 Å². The van der Waals surface area contributed by atoms with Gasteiger partial charge in [-0.3, -0.25) is 9.78 Å². The van der Waals surface area contributed by atoms with E-state index in [1.165, 1.54) is 0 Å². The van der Waals surface area contributed by atoms with Crippen molar-refractivity contribution in [2.45, 2.75) is 6.54 Å². The molecule has 0 saturated heterocycles. The van der Waals surface area contributed by atoms with Crippen LogP contribution in [0.15, 0.2) is 79.1 Å². The van der Waals surface area contributed by atoms with Gasteiger partial charge in [-0.1, -0.05) is 18.2 Å². The van der Waals surface area contributed by atoms with Crippen LogP contribution in [0.4, 0.5) is 11.4 Å². The lowest BCUT2D eigenvalue weighted by molar-refractivity contribution is -0.118. The average Bonchev–Trinajstić information content (AvgIpc) is 2.67. The van der Waals surface area contributed by atoms with Gasteiger partial charge in [0.15, 0.2) is 6.61 Å². The molecule has 0 fully saturated rings. The molecule has 1 amide bonds. The molecule has 2 aromatic carbocycles. The van der Waals surface area contributed by atoms with Gasteiger partial charge < -0.3 is 15.4 Å². The van der Waals surface area contributed by atoms with Gasteiger partial charge in [0.2, 0.25) is 0 Å². The van der Waals surface area contributed by atoms with E-state index in [9.17, 15) is 4.79 Å². The van der Waals surface area contributed by atoms with Crippen LogP contribution in [0.2, 0.25) is 0 Å². The second-order valence-corrected chi connectivity index (χ2v) is 5.44. The summed E-state index contributed by atoms with van der Waals surface area (Å²) in [5, 5.41) is 6.14. The molecule has 0 aliphatic carbocycles. The molecule has 0 radical (unpaired) electrons. The summed E-state index contributed by atoms with van der Waals surface area (Å²) in [4.78, 5) is 15.9. The number of pyridine rings is 1. The van der Waals surface area contributed by atoms with Crippen LogP contribution in [0, 0.1) is 0 Å². The Kier molecular flexibility index (Phi) is 5.61. The van der Waals surface area contributed by atoms with Crippen LogP contribution < -0.4 is 15.4 Å². The van der Waals surface area contributed by atoms with Crippen molar-refractivity contribution in [1.82, 2.24) is 4.98 Å². The number of aromatic nitrogens is 1. The molecule has 0 saturated carbocycles. The van der Waals surface area contributed by atoms with Crippen molar-refractivity contribution in [2.75, 3.05) is 17.2 Å². The maximum Gasteiger partial charge on any atom is 0.262 e. The van der Waals surface area contributed by atoms with Crippen LogP contribution in [-0.2, 0) is 11.3 Å². The number of nitrogens with one attached hydrogen (secondary N) is 2. The van der Waals surface area contributed by atoms with Crippen LogP contribution >= 0.6 is 0 Å². The van der Waals surface area contributed by atoms with Crippen molar-refractivity contribution >= 4 is 17.3 Å². The molecule has 0 aliphatic rings. The Morgan fingerprint density at radius 3 is 2.28 bits per heavy atom. The van der Waals surface area contributed by atoms with E-state index in [-0.39, 0.29) is 12.5 Å². The third-order valence-electron chi connectivity index (χ3n) is 3.53. The van der Waals surface area contributed by atoms with E-state index in [1.807, 2.05) is 66.7 Å². The van der Waals surface area contributed by atoms with Crippen LogP contribution in [0.25, 0.3) is 0 Å². The zero-order valence-electron chi connectivity index (χ0n) is 13.7. The van der Waals surface area contributed by atoms with Gasteiger partial charge in [0.25, 0.3) is 5.91 Å². The maximum atomic E-state index is 11.9. The number of ether oxygens (including phenoxy) is 1. The highest BCUT2D eigenvalue weighted by Gasteiger charge is 2.04.